The molecule has 0 aromatic rings. The van der Waals surface area contributed by atoms with Crippen molar-refractivity contribution in [1.29, 1.82) is 0 Å². The predicted octanol–water partition coefficient (Wildman–Crippen LogP) is 0.962. The van der Waals surface area contributed by atoms with E-state index in [2.05, 4.69) is 4.90 Å². The van der Waals surface area contributed by atoms with E-state index in [0.717, 1.165) is 45.6 Å². The van der Waals surface area contributed by atoms with Gasteiger partial charge in [0.2, 0.25) is 0 Å². The van der Waals surface area contributed by atoms with Gasteiger partial charge < -0.3 is 9.84 Å². The SMILES string of the molecule is O=C(O)C1CCCCCN1CC1COC1. The Balaban J connectivity index is 1.92. The quantitative estimate of drug-likeness (QED) is 0.758. The van der Waals surface area contributed by atoms with Gasteiger partial charge >= 0.3 is 5.97 Å². The molecule has 4 nitrogen and oxygen atoms in total. The Bertz CT molecular complexity index is 228. The van der Waals surface area contributed by atoms with Crippen LogP contribution in [0.1, 0.15) is 25.7 Å². The van der Waals surface area contributed by atoms with Crippen LogP contribution in [0.15, 0.2) is 0 Å². The van der Waals surface area contributed by atoms with E-state index < -0.39 is 5.97 Å². The molecule has 2 aliphatic rings. The van der Waals surface area contributed by atoms with Crippen molar-refractivity contribution in [3.63, 3.8) is 0 Å². The molecule has 1 N–H and O–H groups in total. The second kappa shape index (κ2) is 4.94. The second-order valence-electron chi connectivity index (χ2n) is 4.60. The standard InChI is InChI=1S/C11H19NO3/c13-11(14)10-4-2-1-3-5-12(10)6-9-7-15-8-9/h9-10H,1-8H2,(H,13,14). The summed E-state index contributed by atoms with van der Waals surface area (Å²) >= 11 is 0. The van der Waals surface area contributed by atoms with Crippen LogP contribution in [-0.4, -0.2) is 48.3 Å². The maximum atomic E-state index is 11.1. The predicted molar refractivity (Wildman–Crippen MR) is 55.8 cm³/mol. The number of hydrogen-bond acceptors (Lipinski definition) is 3. The summed E-state index contributed by atoms with van der Waals surface area (Å²) in [6.07, 6.45) is 4.16. The fourth-order valence-electron chi connectivity index (χ4n) is 2.39. The molecule has 2 fully saturated rings. The van der Waals surface area contributed by atoms with Crippen LogP contribution in [0.5, 0.6) is 0 Å². The number of hydrogen-bond donors (Lipinski definition) is 1. The van der Waals surface area contributed by atoms with E-state index in [9.17, 15) is 4.79 Å². The summed E-state index contributed by atoms with van der Waals surface area (Å²) in [7, 11) is 0. The Hall–Kier alpha value is -0.610. The van der Waals surface area contributed by atoms with Crippen molar-refractivity contribution in [1.82, 2.24) is 4.90 Å². The fourth-order valence-corrected chi connectivity index (χ4v) is 2.39. The number of carboxylic acid groups (broad SMARTS) is 1. The Kier molecular flexibility index (Phi) is 3.59. The largest absolute Gasteiger partial charge is 0.480 e. The van der Waals surface area contributed by atoms with Crippen molar-refractivity contribution in [2.75, 3.05) is 26.3 Å². The van der Waals surface area contributed by atoms with Crippen LogP contribution in [-0.2, 0) is 9.53 Å². The highest BCUT2D eigenvalue weighted by atomic mass is 16.5. The number of carbonyl (C=O) groups is 1. The number of carboxylic acids is 1. The van der Waals surface area contributed by atoms with Crippen LogP contribution in [0.3, 0.4) is 0 Å². The molecule has 0 saturated carbocycles. The van der Waals surface area contributed by atoms with Gasteiger partial charge in [-0.2, -0.15) is 0 Å². The van der Waals surface area contributed by atoms with Crippen LogP contribution in [0, 0.1) is 5.92 Å². The van der Waals surface area contributed by atoms with Crippen molar-refractivity contribution in [3.8, 4) is 0 Å². The van der Waals surface area contributed by atoms with Crippen molar-refractivity contribution in [2.45, 2.75) is 31.7 Å². The van der Waals surface area contributed by atoms with Crippen molar-refractivity contribution < 1.29 is 14.6 Å². The monoisotopic (exact) mass is 213 g/mol. The molecule has 1 atom stereocenters. The molecular weight excluding hydrogens is 194 g/mol. The van der Waals surface area contributed by atoms with E-state index in [1.54, 1.807) is 0 Å². The molecule has 0 aliphatic carbocycles. The minimum absolute atomic E-state index is 0.256. The van der Waals surface area contributed by atoms with E-state index in [-0.39, 0.29) is 6.04 Å². The molecule has 0 aromatic carbocycles. The molecule has 0 aromatic heterocycles. The minimum atomic E-state index is -0.655. The lowest BCUT2D eigenvalue weighted by atomic mass is 10.1. The Labute approximate surface area is 90.2 Å². The summed E-state index contributed by atoms with van der Waals surface area (Å²) in [6.45, 7) is 3.45. The highest BCUT2D eigenvalue weighted by molar-refractivity contribution is 5.73. The normalized spacial score (nSPS) is 29.5. The first-order chi connectivity index (χ1) is 7.27. The lowest BCUT2D eigenvalue weighted by Crippen LogP contribution is -2.47. The zero-order valence-corrected chi connectivity index (χ0v) is 9.02. The molecule has 0 bridgehead atoms. The second-order valence-corrected chi connectivity index (χ2v) is 4.60. The van der Waals surface area contributed by atoms with E-state index in [0.29, 0.717) is 5.92 Å². The van der Waals surface area contributed by atoms with Gasteiger partial charge in [0, 0.05) is 12.5 Å². The Morgan fingerprint density at radius 2 is 2.13 bits per heavy atom. The van der Waals surface area contributed by atoms with Crippen LogP contribution >= 0.6 is 0 Å². The zero-order valence-electron chi connectivity index (χ0n) is 9.02. The fraction of sp³-hybridized carbons (Fsp3) is 0.909. The minimum Gasteiger partial charge on any atom is -0.480 e. The van der Waals surface area contributed by atoms with Crippen molar-refractivity contribution in [3.05, 3.63) is 0 Å². The molecule has 2 heterocycles. The number of likely N-dealkylation sites (tertiary alicyclic amines) is 1. The van der Waals surface area contributed by atoms with Gasteiger partial charge in [0.25, 0.3) is 0 Å². The highest BCUT2D eigenvalue weighted by Crippen LogP contribution is 2.20. The highest BCUT2D eigenvalue weighted by Gasteiger charge is 2.30. The molecule has 0 spiro atoms. The third-order valence-electron chi connectivity index (χ3n) is 3.35. The third-order valence-corrected chi connectivity index (χ3v) is 3.35. The summed E-state index contributed by atoms with van der Waals surface area (Å²) in [4.78, 5) is 13.3. The molecule has 1 unspecified atom stereocenters. The maximum absolute atomic E-state index is 11.1. The van der Waals surface area contributed by atoms with Crippen LogP contribution < -0.4 is 0 Å². The van der Waals surface area contributed by atoms with Crippen molar-refractivity contribution >= 4 is 5.97 Å². The molecule has 2 aliphatic heterocycles. The molecule has 15 heavy (non-hydrogen) atoms. The molecule has 4 heteroatoms. The summed E-state index contributed by atoms with van der Waals surface area (Å²) in [5.41, 5.74) is 0. The van der Waals surface area contributed by atoms with Gasteiger partial charge in [0.1, 0.15) is 6.04 Å². The van der Waals surface area contributed by atoms with Gasteiger partial charge in [0.05, 0.1) is 13.2 Å². The number of aliphatic carboxylic acids is 1. The van der Waals surface area contributed by atoms with Crippen LogP contribution in [0.25, 0.3) is 0 Å². The summed E-state index contributed by atoms with van der Waals surface area (Å²) in [5, 5.41) is 9.16. The lowest BCUT2D eigenvalue weighted by Gasteiger charge is -2.34. The maximum Gasteiger partial charge on any atom is 0.320 e. The average molecular weight is 213 g/mol. The van der Waals surface area contributed by atoms with Gasteiger partial charge in [-0.1, -0.05) is 12.8 Å². The van der Waals surface area contributed by atoms with Gasteiger partial charge in [-0.05, 0) is 19.4 Å². The summed E-state index contributed by atoms with van der Waals surface area (Å²) in [5.74, 6) is -0.0953. The van der Waals surface area contributed by atoms with E-state index in [4.69, 9.17) is 9.84 Å². The number of ether oxygens (including phenoxy) is 1. The molecule has 86 valence electrons. The average Bonchev–Trinajstić information content (AvgIpc) is 2.36. The first-order valence-corrected chi connectivity index (χ1v) is 5.82. The van der Waals surface area contributed by atoms with Gasteiger partial charge in [-0.15, -0.1) is 0 Å². The molecule has 0 radical (unpaired) electrons. The van der Waals surface area contributed by atoms with E-state index in [1.165, 1.54) is 6.42 Å². The first-order valence-electron chi connectivity index (χ1n) is 5.82. The molecule has 2 rings (SSSR count). The lowest BCUT2D eigenvalue weighted by molar-refractivity contribution is -0.144. The van der Waals surface area contributed by atoms with E-state index >= 15 is 0 Å². The number of nitrogens with zero attached hydrogens (tertiary/aromatic N) is 1. The van der Waals surface area contributed by atoms with Gasteiger partial charge in [-0.25, -0.2) is 0 Å². The Morgan fingerprint density at radius 1 is 1.33 bits per heavy atom. The molecular formula is C11H19NO3. The Morgan fingerprint density at radius 3 is 2.73 bits per heavy atom. The number of rotatable bonds is 3. The van der Waals surface area contributed by atoms with Crippen molar-refractivity contribution in [2.24, 2.45) is 5.92 Å². The third kappa shape index (κ3) is 2.69. The topological polar surface area (TPSA) is 49.8 Å². The first kappa shape index (κ1) is 10.9. The zero-order chi connectivity index (χ0) is 10.7. The summed E-state index contributed by atoms with van der Waals surface area (Å²) < 4.78 is 5.13. The van der Waals surface area contributed by atoms with Crippen LogP contribution in [0.4, 0.5) is 0 Å². The van der Waals surface area contributed by atoms with Crippen LogP contribution in [0.2, 0.25) is 0 Å². The van der Waals surface area contributed by atoms with Gasteiger partial charge in [-0.3, -0.25) is 9.69 Å². The smallest absolute Gasteiger partial charge is 0.320 e. The summed E-state index contributed by atoms with van der Waals surface area (Å²) in [6, 6.07) is -0.256. The molecule has 0 amide bonds. The molecule has 2 saturated heterocycles. The van der Waals surface area contributed by atoms with Gasteiger partial charge in [0.15, 0.2) is 0 Å². The van der Waals surface area contributed by atoms with E-state index in [1.807, 2.05) is 0 Å².